The van der Waals surface area contributed by atoms with Crippen LogP contribution in [-0.4, -0.2) is 46.0 Å². The molecule has 0 bridgehead atoms. The first kappa shape index (κ1) is 29.5. The van der Waals surface area contributed by atoms with Crippen molar-refractivity contribution < 1.29 is 19.1 Å². The first-order valence-electron chi connectivity index (χ1n) is 12.3. The van der Waals surface area contributed by atoms with Gasteiger partial charge in [0, 0.05) is 11.6 Å². The number of benzene rings is 1. The van der Waals surface area contributed by atoms with Gasteiger partial charge in [0.15, 0.2) is 0 Å². The monoisotopic (exact) mass is 475 g/mol. The van der Waals surface area contributed by atoms with Gasteiger partial charge in [-0.15, -0.1) is 0 Å². The minimum Gasteiger partial charge on any atom is -0.444 e. The number of amides is 3. The smallest absolute Gasteiger partial charge is 0.408 e. The van der Waals surface area contributed by atoms with Gasteiger partial charge in [0.2, 0.25) is 11.8 Å². The Morgan fingerprint density at radius 1 is 0.941 bits per heavy atom. The molecule has 7 heteroatoms. The van der Waals surface area contributed by atoms with Gasteiger partial charge < -0.3 is 20.3 Å². The van der Waals surface area contributed by atoms with Crippen molar-refractivity contribution in [3.63, 3.8) is 0 Å². The van der Waals surface area contributed by atoms with Crippen LogP contribution < -0.4 is 10.6 Å². The van der Waals surface area contributed by atoms with Gasteiger partial charge in [-0.25, -0.2) is 4.79 Å². The Morgan fingerprint density at radius 2 is 1.50 bits per heavy atom. The standard InChI is InChI=1S/C27H45N3O4/c1-11-15-19(4)28-23(31)22(20-16-13-12-14-17-20)30(26(5,6)7)24(32)21(18(2)3)29-25(33)34-27(8,9)10/h12-14,16-19,21-22H,11,15H2,1-10H3,(H,28,31)(H,29,33). The van der Waals surface area contributed by atoms with Crippen LogP contribution in [0.25, 0.3) is 0 Å². The molecule has 0 aliphatic rings. The molecule has 2 N–H and O–H groups in total. The number of rotatable bonds is 9. The van der Waals surface area contributed by atoms with Gasteiger partial charge in [-0.05, 0) is 66.4 Å². The van der Waals surface area contributed by atoms with Gasteiger partial charge in [-0.2, -0.15) is 0 Å². The van der Waals surface area contributed by atoms with Crippen molar-refractivity contribution in [1.29, 1.82) is 0 Å². The fourth-order valence-corrected chi connectivity index (χ4v) is 3.82. The molecule has 3 unspecified atom stereocenters. The number of nitrogens with one attached hydrogen (secondary N) is 2. The topological polar surface area (TPSA) is 87.7 Å². The lowest BCUT2D eigenvalue weighted by Gasteiger charge is -2.44. The minimum absolute atomic E-state index is 0.0265. The lowest BCUT2D eigenvalue weighted by molar-refractivity contribution is -0.149. The van der Waals surface area contributed by atoms with Crippen molar-refractivity contribution in [1.82, 2.24) is 15.5 Å². The van der Waals surface area contributed by atoms with E-state index < -0.39 is 29.3 Å². The van der Waals surface area contributed by atoms with Gasteiger partial charge >= 0.3 is 6.09 Å². The van der Waals surface area contributed by atoms with Gasteiger partial charge in [0.05, 0.1) is 0 Å². The maximum Gasteiger partial charge on any atom is 0.408 e. The summed E-state index contributed by atoms with van der Waals surface area (Å²) in [6, 6.07) is 7.56. The summed E-state index contributed by atoms with van der Waals surface area (Å²) in [5.41, 5.74) is -0.682. The fraction of sp³-hybridized carbons (Fsp3) is 0.667. The molecule has 0 saturated carbocycles. The second-order valence-corrected chi connectivity index (χ2v) is 11.3. The third-order valence-corrected chi connectivity index (χ3v) is 5.30. The van der Waals surface area contributed by atoms with E-state index in [0.29, 0.717) is 5.56 Å². The maximum atomic E-state index is 14.0. The van der Waals surface area contributed by atoms with Crippen LogP contribution >= 0.6 is 0 Å². The lowest BCUT2D eigenvalue weighted by Crippen LogP contribution is -2.60. The van der Waals surface area contributed by atoms with E-state index in [1.54, 1.807) is 25.7 Å². The minimum atomic E-state index is -0.860. The highest BCUT2D eigenvalue weighted by Crippen LogP contribution is 2.31. The number of carbonyl (C=O) groups is 3. The van der Waals surface area contributed by atoms with Crippen LogP contribution in [0.5, 0.6) is 0 Å². The molecule has 0 aliphatic carbocycles. The van der Waals surface area contributed by atoms with E-state index in [-0.39, 0.29) is 23.8 Å². The zero-order valence-corrected chi connectivity index (χ0v) is 22.7. The second-order valence-electron chi connectivity index (χ2n) is 11.3. The molecule has 34 heavy (non-hydrogen) atoms. The van der Waals surface area contributed by atoms with Crippen LogP contribution in [0.1, 0.15) is 93.7 Å². The van der Waals surface area contributed by atoms with E-state index >= 15 is 0 Å². The summed E-state index contributed by atoms with van der Waals surface area (Å²) < 4.78 is 5.41. The van der Waals surface area contributed by atoms with Gasteiger partial charge in [0.25, 0.3) is 0 Å². The molecule has 0 aromatic heterocycles. The molecule has 0 aliphatic heterocycles. The molecule has 1 aromatic rings. The first-order chi connectivity index (χ1) is 15.6. The molecule has 0 radical (unpaired) electrons. The van der Waals surface area contributed by atoms with E-state index in [1.807, 2.05) is 71.9 Å². The molecule has 7 nitrogen and oxygen atoms in total. The Bertz CT molecular complexity index is 809. The number of nitrogens with zero attached hydrogens (tertiary/aromatic N) is 1. The van der Waals surface area contributed by atoms with Crippen molar-refractivity contribution in [2.75, 3.05) is 0 Å². The lowest BCUT2D eigenvalue weighted by atomic mass is 9.93. The summed E-state index contributed by atoms with van der Waals surface area (Å²) in [7, 11) is 0. The highest BCUT2D eigenvalue weighted by atomic mass is 16.6. The van der Waals surface area contributed by atoms with E-state index in [0.717, 1.165) is 12.8 Å². The number of carbonyl (C=O) groups excluding carboxylic acids is 3. The Morgan fingerprint density at radius 3 is 1.94 bits per heavy atom. The van der Waals surface area contributed by atoms with Crippen molar-refractivity contribution >= 4 is 17.9 Å². The quantitative estimate of drug-likeness (QED) is 0.513. The zero-order valence-electron chi connectivity index (χ0n) is 22.7. The molecule has 1 aromatic carbocycles. The normalized spacial score (nSPS) is 14.7. The molecule has 3 atom stereocenters. The predicted octanol–water partition coefficient (Wildman–Crippen LogP) is 5.21. The van der Waals surface area contributed by atoms with Crippen LogP contribution in [0.3, 0.4) is 0 Å². The van der Waals surface area contributed by atoms with Crippen molar-refractivity contribution in [2.24, 2.45) is 5.92 Å². The van der Waals surface area contributed by atoms with E-state index in [9.17, 15) is 14.4 Å². The molecular formula is C27H45N3O4. The summed E-state index contributed by atoms with van der Waals surface area (Å²) in [5.74, 6) is -0.793. The predicted molar refractivity (Wildman–Crippen MR) is 136 cm³/mol. The highest BCUT2D eigenvalue weighted by Gasteiger charge is 2.42. The van der Waals surface area contributed by atoms with E-state index in [2.05, 4.69) is 17.6 Å². The Balaban J connectivity index is 3.47. The van der Waals surface area contributed by atoms with Gasteiger partial charge in [0.1, 0.15) is 17.7 Å². The molecule has 0 heterocycles. The molecule has 0 fully saturated rings. The summed E-state index contributed by atoms with van der Waals surface area (Å²) >= 11 is 0. The van der Waals surface area contributed by atoms with Crippen LogP contribution in [0.2, 0.25) is 0 Å². The molecule has 0 spiro atoms. The maximum absolute atomic E-state index is 14.0. The first-order valence-corrected chi connectivity index (χ1v) is 12.3. The largest absolute Gasteiger partial charge is 0.444 e. The van der Waals surface area contributed by atoms with E-state index in [4.69, 9.17) is 4.74 Å². The number of hydrogen-bond donors (Lipinski definition) is 2. The SMILES string of the molecule is CCCC(C)NC(=O)C(c1ccccc1)N(C(=O)C(NC(=O)OC(C)(C)C)C(C)C)C(C)(C)C. The summed E-state index contributed by atoms with van der Waals surface area (Å²) in [6.45, 7) is 18.8. The number of alkyl carbamates (subject to hydrolysis) is 1. The Kier molecular flexibility index (Phi) is 10.6. The van der Waals surface area contributed by atoms with Crippen LogP contribution in [0, 0.1) is 5.92 Å². The number of hydrogen-bond acceptors (Lipinski definition) is 4. The van der Waals surface area contributed by atoms with Crippen molar-refractivity contribution in [3.05, 3.63) is 35.9 Å². The van der Waals surface area contributed by atoms with E-state index in [1.165, 1.54) is 0 Å². The highest BCUT2D eigenvalue weighted by molar-refractivity contribution is 5.92. The second kappa shape index (κ2) is 12.2. The van der Waals surface area contributed by atoms with Gasteiger partial charge in [-0.3, -0.25) is 9.59 Å². The average molecular weight is 476 g/mol. The molecular weight excluding hydrogens is 430 g/mol. The molecule has 192 valence electrons. The third kappa shape index (κ3) is 8.99. The van der Waals surface area contributed by atoms with Crippen LogP contribution in [0.4, 0.5) is 4.79 Å². The summed E-state index contributed by atoms with van der Waals surface area (Å²) in [6.07, 6.45) is 1.12. The number of ether oxygens (including phenoxy) is 1. The van der Waals surface area contributed by atoms with Crippen LogP contribution in [-0.2, 0) is 14.3 Å². The van der Waals surface area contributed by atoms with Crippen molar-refractivity contribution in [3.8, 4) is 0 Å². The van der Waals surface area contributed by atoms with Crippen LogP contribution in [0.15, 0.2) is 30.3 Å². The molecule has 3 amide bonds. The van der Waals surface area contributed by atoms with Crippen molar-refractivity contribution in [2.45, 2.75) is 111 Å². The summed E-state index contributed by atoms with van der Waals surface area (Å²) in [4.78, 5) is 41.8. The molecule has 1 rings (SSSR count). The summed E-state index contributed by atoms with van der Waals surface area (Å²) in [5, 5.41) is 5.83. The van der Waals surface area contributed by atoms with Gasteiger partial charge in [-0.1, -0.05) is 57.5 Å². The molecule has 0 saturated heterocycles. The Labute approximate surface area is 206 Å². The fourth-order valence-electron chi connectivity index (χ4n) is 3.82. The third-order valence-electron chi connectivity index (χ3n) is 5.30. The average Bonchev–Trinajstić information content (AvgIpc) is 2.67. The zero-order chi connectivity index (χ0) is 26.3. The Hall–Kier alpha value is -2.57.